The number of hydrogen-bond acceptors (Lipinski definition) is 6. The van der Waals surface area contributed by atoms with Gasteiger partial charge in [-0.25, -0.2) is 9.50 Å². The number of rotatable bonds is 3. The van der Waals surface area contributed by atoms with Crippen LogP contribution in [0, 0.1) is 0 Å². The Morgan fingerprint density at radius 3 is 2.85 bits per heavy atom. The van der Waals surface area contributed by atoms with E-state index in [-0.39, 0.29) is 6.04 Å². The van der Waals surface area contributed by atoms with E-state index in [0.717, 1.165) is 40.8 Å². The number of ether oxygens (including phenoxy) is 1. The number of aromatic amines is 1. The van der Waals surface area contributed by atoms with Gasteiger partial charge in [-0.15, -0.1) is 5.10 Å². The Bertz CT molecular complexity index is 1080. The number of anilines is 1. The molecule has 1 atom stereocenters. The summed E-state index contributed by atoms with van der Waals surface area (Å²) in [6, 6.07) is 8.18. The number of H-pyrrole nitrogens is 1. The van der Waals surface area contributed by atoms with Crippen molar-refractivity contribution in [3.63, 3.8) is 0 Å². The zero-order valence-corrected chi connectivity index (χ0v) is 15.2. The molecule has 0 saturated carbocycles. The topological polar surface area (TPSA) is 89.2 Å². The Morgan fingerprint density at radius 2 is 2.11 bits per heavy atom. The Labute approximate surface area is 155 Å². The highest BCUT2D eigenvalue weighted by atomic mass is 16.5. The fourth-order valence-electron chi connectivity index (χ4n) is 3.56. The first-order chi connectivity index (χ1) is 13.2. The van der Waals surface area contributed by atoms with Gasteiger partial charge in [-0.3, -0.25) is 9.78 Å². The third kappa shape index (κ3) is 2.58. The van der Waals surface area contributed by atoms with E-state index in [9.17, 15) is 0 Å². The lowest BCUT2D eigenvalue weighted by Crippen LogP contribution is -2.44. The van der Waals surface area contributed by atoms with E-state index >= 15 is 0 Å². The smallest absolute Gasteiger partial charge is 0.155 e. The highest BCUT2D eigenvalue weighted by Crippen LogP contribution is 2.31. The second kappa shape index (κ2) is 6.20. The lowest BCUT2D eigenvalue weighted by molar-refractivity contribution is 0.0984. The summed E-state index contributed by atoms with van der Waals surface area (Å²) in [4.78, 5) is 7.09. The molecular formula is C18H20N8O. The molecule has 1 saturated heterocycles. The number of aryl methyl sites for hydroxylation is 1. The van der Waals surface area contributed by atoms with Crippen LogP contribution in [0.2, 0.25) is 0 Å². The van der Waals surface area contributed by atoms with Crippen molar-refractivity contribution in [2.45, 2.75) is 13.0 Å². The van der Waals surface area contributed by atoms with Gasteiger partial charge in [0.2, 0.25) is 0 Å². The number of imidazole rings is 1. The lowest BCUT2D eigenvalue weighted by atomic mass is 10.2. The maximum Gasteiger partial charge on any atom is 0.155 e. The fraction of sp³-hybridized carbons (Fsp3) is 0.333. The molecule has 5 rings (SSSR count). The standard InChI is InChI=1S/C18H20N8O/c1-12-11-27-10-9-25(12)16-4-3-15-21-17(14-6-8-20-24(14)2)18(26(15)23-16)13-5-7-19-22-13/h3-8,12H,9-11H2,1-2H3,(H,19,22)/t12-/m1/s1. The summed E-state index contributed by atoms with van der Waals surface area (Å²) in [5.74, 6) is 0.910. The van der Waals surface area contributed by atoms with Crippen LogP contribution in [0.15, 0.2) is 36.7 Å². The molecule has 0 unspecified atom stereocenters. The molecule has 0 spiro atoms. The van der Waals surface area contributed by atoms with Gasteiger partial charge in [0.1, 0.15) is 17.2 Å². The van der Waals surface area contributed by atoms with Crippen LogP contribution in [-0.2, 0) is 11.8 Å². The molecule has 1 N–H and O–H groups in total. The van der Waals surface area contributed by atoms with Crippen molar-refractivity contribution in [3.8, 4) is 22.8 Å². The quantitative estimate of drug-likeness (QED) is 0.596. The van der Waals surface area contributed by atoms with Gasteiger partial charge in [-0.05, 0) is 31.2 Å². The molecule has 138 valence electrons. The van der Waals surface area contributed by atoms with Crippen molar-refractivity contribution in [1.29, 1.82) is 0 Å². The second-order valence-corrected chi connectivity index (χ2v) is 6.70. The number of nitrogens with one attached hydrogen (secondary N) is 1. The number of aromatic nitrogens is 7. The minimum Gasteiger partial charge on any atom is -0.377 e. The molecule has 9 heteroatoms. The van der Waals surface area contributed by atoms with Crippen LogP contribution in [0.5, 0.6) is 0 Å². The molecule has 0 radical (unpaired) electrons. The van der Waals surface area contributed by atoms with Crippen LogP contribution >= 0.6 is 0 Å². The van der Waals surface area contributed by atoms with Crippen molar-refractivity contribution >= 4 is 11.5 Å². The zero-order valence-electron chi connectivity index (χ0n) is 15.2. The van der Waals surface area contributed by atoms with Gasteiger partial charge in [0.25, 0.3) is 0 Å². The van der Waals surface area contributed by atoms with Gasteiger partial charge < -0.3 is 9.64 Å². The normalized spacial score (nSPS) is 17.7. The number of fused-ring (bicyclic) bond motifs is 1. The maximum atomic E-state index is 5.56. The Kier molecular flexibility index (Phi) is 3.68. The average Bonchev–Trinajstić information content (AvgIpc) is 3.40. The Morgan fingerprint density at radius 1 is 1.19 bits per heavy atom. The Balaban J connectivity index is 1.72. The first kappa shape index (κ1) is 16.0. The number of hydrogen-bond donors (Lipinski definition) is 1. The molecule has 4 aromatic rings. The summed E-state index contributed by atoms with van der Waals surface area (Å²) in [7, 11) is 1.91. The third-order valence-corrected chi connectivity index (χ3v) is 4.94. The Hall–Kier alpha value is -3.20. The first-order valence-corrected chi connectivity index (χ1v) is 8.94. The number of morpholine rings is 1. The molecular weight excluding hydrogens is 344 g/mol. The van der Waals surface area contributed by atoms with Gasteiger partial charge in [-0.2, -0.15) is 10.2 Å². The van der Waals surface area contributed by atoms with Crippen LogP contribution < -0.4 is 4.90 Å². The lowest BCUT2D eigenvalue weighted by Gasteiger charge is -2.34. The minimum atomic E-state index is 0.277. The van der Waals surface area contributed by atoms with E-state index in [1.807, 2.05) is 40.5 Å². The van der Waals surface area contributed by atoms with Crippen LogP contribution in [0.1, 0.15) is 6.92 Å². The summed E-state index contributed by atoms with van der Waals surface area (Å²) in [6.07, 6.45) is 3.50. The molecule has 1 aliphatic heterocycles. The largest absolute Gasteiger partial charge is 0.377 e. The molecule has 0 bridgehead atoms. The van der Waals surface area contributed by atoms with Gasteiger partial charge >= 0.3 is 0 Å². The predicted octanol–water partition coefficient (Wildman–Crippen LogP) is 1.74. The van der Waals surface area contributed by atoms with Crippen LogP contribution in [0.25, 0.3) is 28.4 Å². The van der Waals surface area contributed by atoms with E-state index in [4.69, 9.17) is 14.8 Å². The molecule has 0 aliphatic carbocycles. The SMILES string of the molecule is C[C@@H]1COCCN1c1ccc2nc(-c3ccnn3C)c(-c3ccn[nH]3)n2n1. The van der Waals surface area contributed by atoms with E-state index in [1.54, 1.807) is 12.4 Å². The summed E-state index contributed by atoms with van der Waals surface area (Å²) in [5, 5.41) is 16.4. The summed E-state index contributed by atoms with van der Waals surface area (Å²) >= 11 is 0. The van der Waals surface area contributed by atoms with E-state index in [1.165, 1.54) is 0 Å². The van der Waals surface area contributed by atoms with E-state index in [0.29, 0.717) is 13.2 Å². The van der Waals surface area contributed by atoms with Crippen molar-refractivity contribution in [2.24, 2.45) is 7.05 Å². The molecule has 0 amide bonds. The summed E-state index contributed by atoms with van der Waals surface area (Å²) in [5.41, 5.74) is 4.25. The maximum absolute atomic E-state index is 5.56. The monoisotopic (exact) mass is 364 g/mol. The molecule has 27 heavy (non-hydrogen) atoms. The molecule has 1 aliphatic rings. The van der Waals surface area contributed by atoms with Crippen LogP contribution in [-0.4, -0.2) is 60.4 Å². The van der Waals surface area contributed by atoms with Gasteiger partial charge in [0.05, 0.1) is 30.6 Å². The first-order valence-electron chi connectivity index (χ1n) is 8.94. The molecule has 1 fully saturated rings. The third-order valence-electron chi connectivity index (χ3n) is 4.94. The predicted molar refractivity (Wildman–Crippen MR) is 100 cm³/mol. The van der Waals surface area contributed by atoms with Gasteiger partial charge in [-0.1, -0.05) is 0 Å². The number of nitrogens with zero attached hydrogens (tertiary/aromatic N) is 7. The van der Waals surface area contributed by atoms with Crippen molar-refractivity contribution < 1.29 is 4.74 Å². The molecule has 4 aromatic heterocycles. The highest BCUT2D eigenvalue weighted by molar-refractivity contribution is 5.78. The molecule has 0 aromatic carbocycles. The van der Waals surface area contributed by atoms with Crippen molar-refractivity contribution in [1.82, 2.24) is 34.6 Å². The van der Waals surface area contributed by atoms with Gasteiger partial charge in [0.15, 0.2) is 5.65 Å². The van der Waals surface area contributed by atoms with Crippen molar-refractivity contribution in [2.75, 3.05) is 24.7 Å². The average molecular weight is 364 g/mol. The molecule has 5 heterocycles. The van der Waals surface area contributed by atoms with Crippen molar-refractivity contribution in [3.05, 3.63) is 36.7 Å². The summed E-state index contributed by atoms with van der Waals surface area (Å²) in [6.45, 7) is 4.39. The molecule has 9 nitrogen and oxygen atoms in total. The fourth-order valence-corrected chi connectivity index (χ4v) is 3.56. The van der Waals surface area contributed by atoms with Crippen LogP contribution in [0.4, 0.5) is 5.82 Å². The van der Waals surface area contributed by atoms with Crippen LogP contribution in [0.3, 0.4) is 0 Å². The van der Waals surface area contributed by atoms with Gasteiger partial charge in [0, 0.05) is 26.0 Å². The second-order valence-electron chi connectivity index (χ2n) is 6.70. The van der Waals surface area contributed by atoms with E-state index in [2.05, 4.69) is 27.1 Å². The summed E-state index contributed by atoms with van der Waals surface area (Å²) < 4.78 is 9.25. The minimum absolute atomic E-state index is 0.277. The van der Waals surface area contributed by atoms with E-state index < -0.39 is 0 Å². The highest BCUT2D eigenvalue weighted by Gasteiger charge is 2.24. The zero-order chi connectivity index (χ0) is 18.4.